The molecule has 1 aromatic rings. The van der Waals surface area contributed by atoms with Gasteiger partial charge in [-0.25, -0.2) is 0 Å². The summed E-state index contributed by atoms with van der Waals surface area (Å²) >= 11 is 0. The Bertz CT molecular complexity index is 373. The Balaban J connectivity index is 2.90. The molecule has 0 aromatic heterocycles. The Kier molecular flexibility index (Phi) is 3.30. The van der Waals surface area contributed by atoms with Gasteiger partial charge in [-0.3, -0.25) is 4.79 Å². The zero-order chi connectivity index (χ0) is 11.6. The van der Waals surface area contributed by atoms with Gasteiger partial charge in [0.1, 0.15) is 5.60 Å². The number of carbonyl (C=O) groups is 1. The van der Waals surface area contributed by atoms with Crippen molar-refractivity contribution in [1.29, 1.82) is 0 Å². The minimum absolute atomic E-state index is 0.142. The van der Waals surface area contributed by atoms with Crippen molar-refractivity contribution in [3.8, 4) is 0 Å². The number of benzene rings is 1. The van der Waals surface area contributed by atoms with Crippen molar-refractivity contribution in [3.63, 3.8) is 0 Å². The largest absolute Gasteiger partial charge is 0.383 e. The van der Waals surface area contributed by atoms with Crippen LogP contribution in [-0.2, 0) is 11.2 Å². The highest BCUT2D eigenvalue weighted by Crippen LogP contribution is 2.15. The Morgan fingerprint density at radius 2 is 1.93 bits per heavy atom. The van der Waals surface area contributed by atoms with E-state index in [0.29, 0.717) is 6.42 Å². The average Bonchev–Trinajstić information content (AvgIpc) is 2.09. The molecule has 0 atom stereocenters. The summed E-state index contributed by atoms with van der Waals surface area (Å²) in [7, 11) is 0. The summed E-state index contributed by atoms with van der Waals surface area (Å²) in [6.07, 6.45) is 0.303. The number of aliphatic hydroxyl groups is 1. The van der Waals surface area contributed by atoms with Crippen LogP contribution < -0.4 is 0 Å². The van der Waals surface area contributed by atoms with Crippen molar-refractivity contribution in [3.05, 3.63) is 34.9 Å². The molecule has 0 saturated heterocycles. The number of ketones is 1. The Labute approximate surface area is 90.9 Å². The van der Waals surface area contributed by atoms with Crippen LogP contribution in [0.15, 0.2) is 18.2 Å². The van der Waals surface area contributed by atoms with E-state index >= 15 is 0 Å². The number of Topliss-reactive ketones (excluding diaryl/α,β-unsaturated/α-hetero) is 1. The zero-order valence-corrected chi connectivity index (χ0v) is 9.79. The molecule has 1 rings (SSSR count). The monoisotopic (exact) mass is 206 g/mol. The van der Waals surface area contributed by atoms with Crippen LogP contribution in [0.2, 0.25) is 0 Å². The number of hydrogen-bond donors (Lipinski definition) is 1. The van der Waals surface area contributed by atoms with Crippen LogP contribution in [0.1, 0.15) is 30.5 Å². The van der Waals surface area contributed by atoms with Crippen LogP contribution in [0.3, 0.4) is 0 Å². The van der Waals surface area contributed by atoms with Gasteiger partial charge in [-0.1, -0.05) is 23.8 Å². The van der Waals surface area contributed by atoms with Crippen LogP contribution in [0, 0.1) is 13.8 Å². The molecule has 2 heteroatoms. The lowest BCUT2D eigenvalue weighted by Gasteiger charge is -2.16. The Morgan fingerprint density at radius 3 is 2.47 bits per heavy atom. The molecule has 0 aliphatic rings. The van der Waals surface area contributed by atoms with E-state index in [-0.39, 0.29) is 5.78 Å². The summed E-state index contributed by atoms with van der Waals surface area (Å²) in [5.74, 6) is -0.142. The van der Waals surface area contributed by atoms with Gasteiger partial charge in [-0.2, -0.15) is 0 Å². The number of carbonyl (C=O) groups excluding carboxylic acids is 1. The first kappa shape index (κ1) is 11.9. The normalized spacial score (nSPS) is 11.5. The molecule has 0 saturated carbocycles. The number of aryl methyl sites for hydroxylation is 2. The molecule has 82 valence electrons. The van der Waals surface area contributed by atoms with Crippen molar-refractivity contribution < 1.29 is 9.90 Å². The highest BCUT2D eigenvalue weighted by Gasteiger charge is 2.23. The van der Waals surface area contributed by atoms with E-state index in [2.05, 4.69) is 0 Å². The predicted octanol–water partition coefficient (Wildman–Crippen LogP) is 2.19. The summed E-state index contributed by atoms with van der Waals surface area (Å²) in [5.41, 5.74) is 2.00. The van der Waals surface area contributed by atoms with Gasteiger partial charge < -0.3 is 5.11 Å². The third-order valence-corrected chi connectivity index (χ3v) is 2.54. The van der Waals surface area contributed by atoms with E-state index in [0.717, 1.165) is 16.7 Å². The molecular weight excluding hydrogens is 188 g/mol. The van der Waals surface area contributed by atoms with Gasteiger partial charge in [0, 0.05) is 6.42 Å². The van der Waals surface area contributed by atoms with Gasteiger partial charge in [-0.05, 0) is 38.8 Å². The van der Waals surface area contributed by atoms with Gasteiger partial charge in [-0.15, -0.1) is 0 Å². The highest BCUT2D eigenvalue weighted by molar-refractivity contribution is 5.88. The van der Waals surface area contributed by atoms with E-state index in [1.807, 2.05) is 32.0 Å². The molecule has 1 N–H and O–H groups in total. The first-order chi connectivity index (χ1) is 6.80. The topological polar surface area (TPSA) is 37.3 Å². The summed E-state index contributed by atoms with van der Waals surface area (Å²) in [6, 6.07) is 6.02. The van der Waals surface area contributed by atoms with E-state index in [9.17, 15) is 9.90 Å². The predicted molar refractivity (Wildman–Crippen MR) is 60.9 cm³/mol. The van der Waals surface area contributed by atoms with E-state index in [1.165, 1.54) is 13.8 Å². The molecule has 0 radical (unpaired) electrons. The number of rotatable bonds is 3. The van der Waals surface area contributed by atoms with Crippen LogP contribution in [-0.4, -0.2) is 16.5 Å². The fourth-order valence-corrected chi connectivity index (χ4v) is 1.38. The smallest absolute Gasteiger partial charge is 0.168 e. The molecule has 0 bridgehead atoms. The molecule has 1 aromatic carbocycles. The van der Waals surface area contributed by atoms with Crippen LogP contribution in [0.5, 0.6) is 0 Å². The van der Waals surface area contributed by atoms with Crippen LogP contribution >= 0.6 is 0 Å². The fourth-order valence-electron chi connectivity index (χ4n) is 1.38. The van der Waals surface area contributed by atoms with Gasteiger partial charge in [0.2, 0.25) is 0 Å². The highest BCUT2D eigenvalue weighted by atomic mass is 16.3. The SMILES string of the molecule is Cc1ccc(C)c(CC(=O)C(C)(C)O)c1. The molecule has 0 spiro atoms. The maximum Gasteiger partial charge on any atom is 0.168 e. The first-order valence-electron chi connectivity index (χ1n) is 5.12. The maximum absolute atomic E-state index is 11.6. The molecule has 0 aliphatic heterocycles. The second kappa shape index (κ2) is 4.15. The van der Waals surface area contributed by atoms with Gasteiger partial charge in [0.25, 0.3) is 0 Å². The summed E-state index contributed by atoms with van der Waals surface area (Å²) in [4.78, 5) is 11.6. The fraction of sp³-hybridized carbons (Fsp3) is 0.462. The quantitative estimate of drug-likeness (QED) is 0.823. The molecule has 0 fully saturated rings. The molecule has 0 amide bonds. The van der Waals surface area contributed by atoms with Crippen molar-refractivity contribution in [2.75, 3.05) is 0 Å². The molecule has 2 nitrogen and oxygen atoms in total. The lowest BCUT2D eigenvalue weighted by Crippen LogP contribution is -2.32. The summed E-state index contributed by atoms with van der Waals surface area (Å²) in [5, 5.41) is 9.56. The second-order valence-corrected chi connectivity index (χ2v) is 4.59. The van der Waals surface area contributed by atoms with Gasteiger partial charge >= 0.3 is 0 Å². The molecule has 0 heterocycles. The zero-order valence-electron chi connectivity index (χ0n) is 9.79. The lowest BCUT2D eigenvalue weighted by molar-refractivity contribution is -0.133. The lowest BCUT2D eigenvalue weighted by atomic mass is 9.94. The molecule has 15 heavy (non-hydrogen) atoms. The maximum atomic E-state index is 11.6. The van der Waals surface area contributed by atoms with Gasteiger partial charge in [0.05, 0.1) is 0 Å². The van der Waals surface area contributed by atoms with E-state index in [1.54, 1.807) is 0 Å². The van der Waals surface area contributed by atoms with Crippen molar-refractivity contribution in [1.82, 2.24) is 0 Å². The summed E-state index contributed by atoms with van der Waals surface area (Å²) in [6.45, 7) is 7.03. The van der Waals surface area contributed by atoms with Crippen LogP contribution in [0.4, 0.5) is 0 Å². The van der Waals surface area contributed by atoms with Crippen molar-refractivity contribution >= 4 is 5.78 Å². The standard InChI is InChI=1S/C13H18O2/c1-9-5-6-10(2)11(7-9)8-12(14)13(3,4)15/h5-7,15H,8H2,1-4H3. The minimum Gasteiger partial charge on any atom is -0.383 e. The van der Waals surface area contributed by atoms with Gasteiger partial charge in [0.15, 0.2) is 5.78 Å². The van der Waals surface area contributed by atoms with E-state index in [4.69, 9.17) is 0 Å². The van der Waals surface area contributed by atoms with Crippen molar-refractivity contribution in [2.24, 2.45) is 0 Å². The molecule has 0 aliphatic carbocycles. The van der Waals surface area contributed by atoms with E-state index < -0.39 is 5.60 Å². The third kappa shape index (κ3) is 3.17. The first-order valence-corrected chi connectivity index (χ1v) is 5.12. The Hall–Kier alpha value is -1.15. The molecule has 0 unspecified atom stereocenters. The Morgan fingerprint density at radius 1 is 1.33 bits per heavy atom. The number of hydrogen-bond acceptors (Lipinski definition) is 2. The molecular formula is C13H18O2. The average molecular weight is 206 g/mol. The third-order valence-electron chi connectivity index (χ3n) is 2.54. The van der Waals surface area contributed by atoms with Crippen molar-refractivity contribution in [2.45, 2.75) is 39.7 Å². The summed E-state index contributed by atoms with van der Waals surface area (Å²) < 4.78 is 0. The minimum atomic E-state index is -1.24. The van der Waals surface area contributed by atoms with Crippen LogP contribution in [0.25, 0.3) is 0 Å². The second-order valence-electron chi connectivity index (χ2n) is 4.59.